The second kappa shape index (κ2) is 25.5. The molecule has 0 radical (unpaired) electrons. The predicted molar refractivity (Wildman–Crippen MR) is 278 cm³/mol. The third-order valence-electron chi connectivity index (χ3n) is 11.0. The summed E-state index contributed by atoms with van der Waals surface area (Å²) in [6.45, 7) is 10.9. The van der Waals surface area contributed by atoms with Gasteiger partial charge in [-0.1, -0.05) is 36.4 Å². The van der Waals surface area contributed by atoms with Gasteiger partial charge in [0.25, 0.3) is 11.8 Å². The normalized spacial score (nSPS) is 11.8. The smallest absolute Gasteiger partial charge is 0.317 e. The van der Waals surface area contributed by atoms with Gasteiger partial charge >= 0.3 is 17.9 Å². The van der Waals surface area contributed by atoms with Gasteiger partial charge < -0.3 is 41.5 Å². The second-order valence-corrected chi connectivity index (χ2v) is 21.2. The lowest BCUT2D eigenvalue weighted by Crippen LogP contribution is -2.45. The van der Waals surface area contributed by atoms with E-state index in [9.17, 15) is 49.2 Å². The molecule has 4 aromatic carbocycles. The number of aryl methyl sites for hydroxylation is 2. The van der Waals surface area contributed by atoms with E-state index in [1.54, 1.807) is 41.3 Å². The molecule has 4 aromatic rings. The Bertz CT molecular complexity index is 2510. The van der Waals surface area contributed by atoms with Crippen molar-refractivity contribution < 1.29 is 54.3 Å². The van der Waals surface area contributed by atoms with E-state index in [2.05, 4.69) is 61.1 Å². The summed E-state index contributed by atoms with van der Waals surface area (Å²) in [6, 6.07) is 20.8. The van der Waals surface area contributed by atoms with Gasteiger partial charge in [-0.25, -0.2) is 0 Å². The first-order chi connectivity index (χ1) is 32.3. The Morgan fingerprint density at radius 2 is 1.10 bits per heavy atom. The standard InChI is InChI=1S/C51H63I2N5O11/c1-31(2)54-48(68)35-12-13-36(40(52)24-35)26-51(5,6)56-49(69)39-14-7-34(23-41(39)53)25-50(3,4)55-44(61)17-10-32-8-15-42(59)37(21-32)27-57(29-46(64)65)19-20-58(30-47(66)67)28-38-22-33(9-16-43(38)60)11-18-45(62)63/h7-9,12-16,21-24,31,59-60H,10-11,17-20,25-30H2,1-6H3,(H,54,68)(H,55,61)(H,56,69)(H,62,63)(H,64,65)(H,66,67). The highest BCUT2D eigenvalue weighted by atomic mass is 127. The van der Waals surface area contributed by atoms with Crippen LogP contribution >= 0.6 is 45.2 Å². The zero-order valence-corrected chi connectivity index (χ0v) is 44.1. The predicted octanol–water partition coefficient (Wildman–Crippen LogP) is 6.76. The van der Waals surface area contributed by atoms with E-state index in [4.69, 9.17) is 5.11 Å². The maximum Gasteiger partial charge on any atom is 0.317 e. The Labute approximate surface area is 430 Å². The topological polar surface area (TPSA) is 246 Å². The van der Waals surface area contributed by atoms with Gasteiger partial charge in [0.2, 0.25) is 5.91 Å². The summed E-state index contributed by atoms with van der Waals surface area (Å²) >= 11 is 4.37. The molecular weight excluding hydrogens is 1110 g/mol. The summed E-state index contributed by atoms with van der Waals surface area (Å²) < 4.78 is 1.69. The third kappa shape index (κ3) is 19.2. The first-order valence-electron chi connectivity index (χ1n) is 22.5. The lowest BCUT2D eigenvalue weighted by atomic mass is 9.92. The van der Waals surface area contributed by atoms with Crippen LogP contribution in [0.1, 0.15) is 108 Å². The summed E-state index contributed by atoms with van der Waals surface area (Å²) in [7, 11) is 0. The highest BCUT2D eigenvalue weighted by Gasteiger charge is 2.26. The van der Waals surface area contributed by atoms with Gasteiger partial charge in [-0.05, 0) is 171 Å². The number of nitrogens with zero attached hydrogens (tertiary/aromatic N) is 2. The Morgan fingerprint density at radius 3 is 1.59 bits per heavy atom. The molecule has 0 bridgehead atoms. The van der Waals surface area contributed by atoms with Crippen LogP contribution in [0.15, 0.2) is 72.8 Å². The van der Waals surface area contributed by atoms with E-state index in [0.717, 1.165) is 23.8 Å². The molecule has 0 heterocycles. The van der Waals surface area contributed by atoms with Crippen LogP contribution < -0.4 is 16.0 Å². The molecule has 16 nitrogen and oxygen atoms in total. The quantitative estimate of drug-likeness (QED) is 0.0304. The number of carboxylic acids is 3. The van der Waals surface area contributed by atoms with Crippen molar-refractivity contribution in [2.24, 2.45) is 0 Å². The number of phenolic OH excluding ortho intramolecular Hbond substituents is 2. The fourth-order valence-electron chi connectivity index (χ4n) is 7.85. The molecule has 0 saturated heterocycles. The molecule has 4 rings (SSSR count). The number of carbonyl (C=O) groups excluding carboxylic acids is 3. The summed E-state index contributed by atoms with van der Waals surface area (Å²) in [6.07, 6.45) is 1.60. The molecule has 0 aromatic heterocycles. The molecule has 0 aliphatic heterocycles. The number of carboxylic acid groups (broad SMARTS) is 3. The molecule has 8 N–H and O–H groups in total. The number of hydrogen-bond acceptors (Lipinski definition) is 10. The summed E-state index contributed by atoms with van der Waals surface area (Å²) in [5.74, 6) is -3.94. The van der Waals surface area contributed by atoms with E-state index >= 15 is 0 Å². The summed E-state index contributed by atoms with van der Waals surface area (Å²) in [5.41, 5.74) is 4.02. The molecule has 372 valence electrons. The van der Waals surface area contributed by atoms with Crippen LogP contribution in [0.4, 0.5) is 0 Å². The number of carbonyl (C=O) groups is 6. The minimum Gasteiger partial charge on any atom is -0.508 e. The van der Waals surface area contributed by atoms with Crippen molar-refractivity contribution in [1.82, 2.24) is 25.8 Å². The van der Waals surface area contributed by atoms with E-state index in [1.807, 2.05) is 65.8 Å². The first-order valence-corrected chi connectivity index (χ1v) is 24.7. The van der Waals surface area contributed by atoms with Gasteiger partial charge in [0.05, 0.1) is 18.7 Å². The zero-order chi connectivity index (χ0) is 51.2. The van der Waals surface area contributed by atoms with Crippen molar-refractivity contribution in [3.05, 3.63) is 124 Å². The van der Waals surface area contributed by atoms with Gasteiger partial charge in [-0.15, -0.1) is 0 Å². The van der Waals surface area contributed by atoms with E-state index < -0.39 is 42.1 Å². The molecule has 0 aliphatic carbocycles. The molecule has 3 amide bonds. The monoisotopic (exact) mass is 1180 g/mol. The van der Waals surface area contributed by atoms with Crippen LogP contribution in [0, 0.1) is 7.14 Å². The lowest BCUT2D eigenvalue weighted by Gasteiger charge is -2.28. The van der Waals surface area contributed by atoms with Crippen molar-refractivity contribution in [2.75, 3.05) is 26.2 Å². The lowest BCUT2D eigenvalue weighted by molar-refractivity contribution is -0.140. The molecule has 0 aliphatic rings. The number of benzene rings is 4. The van der Waals surface area contributed by atoms with Crippen LogP contribution in [0.5, 0.6) is 11.5 Å². The van der Waals surface area contributed by atoms with Crippen molar-refractivity contribution in [1.29, 1.82) is 0 Å². The van der Waals surface area contributed by atoms with Crippen molar-refractivity contribution in [3.8, 4) is 11.5 Å². The molecule has 0 spiro atoms. The number of hydrogen-bond donors (Lipinski definition) is 8. The van der Waals surface area contributed by atoms with Crippen molar-refractivity contribution in [3.63, 3.8) is 0 Å². The Hall–Kier alpha value is -5.32. The molecule has 0 saturated carbocycles. The molecule has 18 heteroatoms. The average molecular weight is 1180 g/mol. The Morgan fingerprint density at radius 1 is 0.580 bits per heavy atom. The van der Waals surface area contributed by atoms with Crippen LogP contribution in [0.2, 0.25) is 0 Å². The van der Waals surface area contributed by atoms with Gasteiger partial charge in [-0.3, -0.25) is 38.6 Å². The third-order valence-corrected chi connectivity index (χ3v) is 12.9. The molecule has 0 atom stereocenters. The van der Waals surface area contributed by atoms with E-state index in [-0.39, 0.29) is 80.7 Å². The molecule has 0 fully saturated rings. The number of aliphatic carboxylic acids is 3. The number of nitrogens with one attached hydrogen (secondary N) is 3. The minimum atomic E-state index is -1.13. The van der Waals surface area contributed by atoms with Crippen LogP contribution in [0.25, 0.3) is 0 Å². The number of aromatic hydroxyl groups is 2. The summed E-state index contributed by atoms with van der Waals surface area (Å²) in [4.78, 5) is 77.2. The van der Waals surface area contributed by atoms with E-state index in [1.165, 1.54) is 17.0 Å². The van der Waals surface area contributed by atoms with Gasteiger partial charge in [0.15, 0.2) is 0 Å². The fourth-order valence-corrected chi connectivity index (χ4v) is 9.38. The van der Waals surface area contributed by atoms with Crippen LogP contribution in [0.3, 0.4) is 0 Å². The molecular formula is C51H63I2N5O11. The summed E-state index contributed by atoms with van der Waals surface area (Å²) in [5, 5.41) is 58.9. The van der Waals surface area contributed by atoms with Gasteiger partial charge in [0, 0.05) is 80.0 Å². The van der Waals surface area contributed by atoms with E-state index in [0.29, 0.717) is 47.1 Å². The molecule has 69 heavy (non-hydrogen) atoms. The average Bonchev–Trinajstić information content (AvgIpc) is 3.22. The highest BCUT2D eigenvalue weighted by molar-refractivity contribution is 14.1. The SMILES string of the molecule is CC(C)NC(=O)c1ccc(CC(C)(C)NC(=O)c2ccc(CC(C)(C)NC(=O)CCc3ccc(O)c(CN(CCN(CC(=O)O)Cc4cc(CCC(=O)O)ccc4O)CC(=O)O)c3)cc2I)c(I)c1. The van der Waals surface area contributed by atoms with Crippen LogP contribution in [-0.2, 0) is 58.0 Å². The van der Waals surface area contributed by atoms with Gasteiger partial charge in [0.1, 0.15) is 11.5 Å². The zero-order valence-electron chi connectivity index (χ0n) is 39.8. The number of phenols is 2. The van der Waals surface area contributed by atoms with Gasteiger partial charge in [-0.2, -0.15) is 0 Å². The van der Waals surface area contributed by atoms with Crippen LogP contribution in [-0.4, -0.2) is 114 Å². The number of halogens is 2. The first kappa shape index (κ1) is 56.3. The second-order valence-electron chi connectivity index (χ2n) is 18.9. The largest absolute Gasteiger partial charge is 0.508 e. The maximum absolute atomic E-state index is 13.6. The Balaban J connectivity index is 1.33. The van der Waals surface area contributed by atoms with Crippen molar-refractivity contribution >= 4 is 80.8 Å². The number of amides is 3. The molecule has 0 unspecified atom stereocenters. The highest BCUT2D eigenvalue weighted by Crippen LogP contribution is 2.26. The minimum absolute atomic E-state index is 0.00358. The Kier molecular flexibility index (Phi) is 20.8. The maximum atomic E-state index is 13.6. The fraction of sp³-hybridized carbons (Fsp3) is 0.412. The number of rotatable bonds is 26. The van der Waals surface area contributed by atoms with Crippen molar-refractivity contribution in [2.45, 2.75) is 110 Å².